The van der Waals surface area contributed by atoms with Gasteiger partial charge < -0.3 is 14.8 Å². The van der Waals surface area contributed by atoms with E-state index in [1.807, 2.05) is 43.4 Å². The van der Waals surface area contributed by atoms with Crippen LogP contribution in [0.25, 0.3) is 0 Å². The molecule has 0 radical (unpaired) electrons. The lowest BCUT2D eigenvalue weighted by atomic mass is 10.2. The van der Waals surface area contributed by atoms with Crippen LogP contribution < -0.4 is 14.8 Å². The molecule has 0 spiro atoms. The number of aryl methyl sites for hydroxylation is 1. The van der Waals surface area contributed by atoms with Gasteiger partial charge in [0, 0.05) is 31.9 Å². The van der Waals surface area contributed by atoms with E-state index in [4.69, 9.17) is 9.47 Å². The lowest BCUT2D eigenvalue weighted by Gasteiger charge is -2.15. The first-order valence-corrected chi connectivity index (χ1v) is 7.41. The van der Waals surface area contributed by atoms with Crippen LogP contribution in [0.2, 0.25) is 0 Å². The van der Waals surface area contributed by atoms with Crippen molar-refractivity contribution in [1.82, 2.24) is 20.0 Å². The highest BCUT2D eigenvalue weighted by molar-refractivity contribution is 5.78. The summed E-state index contributed by atoms with van der Waals surface area (Å²) in [5.74, 6) is 1.45. The number of hydrogen-bond acceptors (Lipinski definition) is 5. The van der Waals surface area contributed by atoms with Gasteiger partial charge in [0.25, 0.3) is 0 Å². The number of likely N-dealkylation sites (N-methyl/N-ethyl adjacent to an activating group) is 1. The minimum Gasteiger partial charge on any atom is -0.454 e. The summed E-state index contributed by atoms with van der Waals surface area (Å²) in [6.07, 6.45) is 3.75. The van der Waals surface area contributed by atoms with Gasteiger partial charge in [0.2, 0.25) is 12.7 Å². The van der Waals surface area contributed by atoms with Gasteiger partial charge in [-0.15, -0.1) is 0 Å². The molecule has 0 saturated carbocycles. The maximum Gasteiger partial charge on any atom is 0.234 e. The van der Waals surface area contributed by atoms with Crippen molar-refractivity contribution >= 4 is 5.91 Å². The number of amides is 1. The van der Waals surface area contributed by atoms with Gasteiger partial charge in [-0.05, 0) is 24.7 Å². The molecule has 0 bridgehead atoms. The van der Waals surface area contributed by atoms with Crippen LogP contribution in [0.15, 0.2) is 30.6 Å². The van der Waals surface area contributed by atoms with Gasteiger partial charge in [-0.2, -0.15) is 5.10 Å². The monoisotopic (exact) mass is 316 g/mol. The van der Waals surface area contributed by atoms with E-state index in [9.17, 15) is 4.79 Å². The zero-order valence-corrected chi connectivity index (χ0v) is 13.3. The molecule has 7 heteroatoms. The quantitative estimate of drug-likeness (QED) is 0.857. The molecule has 1 aromatic carbocycles. The minimum absolute atomic E-state index is 0.0194. The van der Waals surface area contributed by atoms with Crippen molar-refractivity contribution in [3.63, 3.8) is 0 Å². The Morgan fingerprint density at radius 2 is 2.17 bits per heavy atom. The standard InChI is InChI=1S/C16H20N4O3/c1-19(8-13-7-18-20(2)9-13)10-16(21)17-6-12-3-4-14-15(5-12)23-11-22-14/h3-5,7,9H,6,8,10-11H2,1-2H3,(H,17,21). The molecular weight excluding hydrogens is 296 g/mol. The minimum atomic E-state index is -0.0194. The zero-order chi connectivity index (χ0) is 16.2. The molecule has 2 heterocycles. The molecule has 0 aliphatic carbocycles. The fourth-order valence-corrected chi connectivity index (χ4v) is 2.47. The Morgan fingerprint density at radius 1 is 1.35 bits per heavy atom. The van der Waals surface area contributed by atoms with E-state index in [1.54, 1.807) is 10.9 Å². The number of carbonyl (C=O) groups is 1. The number of nitrogens with zero attached hydrogens (tertiary/aromatic N) is 3. The van der Waals surface area contributed by atoms with E-state index in [0.29, 0.717) is 19.6 Å². The van der Waals surface area contributed by atoms with Gasteiger partial charge in [0.15, 0.2) is 11.5 Å². The van der Waals surface area contributed by atoms with Gasteiger partial charge in [-0.25, -0.2) is 0 Å². The van der Waals surface area contributed by atoms with Crippen LogP contribution in [0, 0.1) is 0 Å². The van der Waals surface area contributed by atoms with Crippen LogP contribution in [0.3, 0.4) is 0 Å². The molecule has 2 aromatic rings. The number of carbonyl (C=O) groups excluding carboxylic acids is 1. The highest BCUT2D eigenvalue weighted by atomic mass is 16.7. The van der Waals surface area contributed by atoms with Crippen LogP contribution in [-0.2, 0) is 24.9 Å². The topological polar surface area (TPSA) is 68.6 Å². The van der Waals surface area contributed by atoms with Crippen molar-refractivity contribution in [1.29, 1.82) is 0 Å². The smallest absolute Gasteiger partial charge is 0.234 e. The van der Waals surface area contributed by atoms with Crippen LogP contribution in [-0.4, -0.2) is 41.0 Å². The van der Waals surface area contributed by atoms with Crippen molar-refractivity contribution < 1.29 is 14.3 Å². The van der Waals surface area contributed by atoms with Crippen LogP contribution in [0.5, 0.6) is 11.5 Å². The molecule has 1 N–H and O–H groups in total. The Hall–Kier alpha value is -2.54. The maximum absolute atomic E-state index is 12.0. The molecule has 23 heavy (non-hydrogen) atoms. The van der Waals surface area contributed by atoms with E-state index < -0.39 is 0 Å². The predicted octanol–water partition coefficient (Wildman–Crippen LogP) is 0.897. The van der Waals surface area contributed by atoms with Crippen molar-refractivity contribution in [2.24, 2.45) is 7.05 Å². The number of rotatable bonds is 6. The van der Waals surface area contributed by atoms with Gasteiger partial charge in [-0.1, -0.05) is 6.07 Å². The number of aromatic nitrogens is 2. The molecule has 1 aliphatic rings. The molecule has 0 saturated heterocycles. The Bertz CT molecular complexity index is 698. The van der Waals surface area contributed by atoms with Crippen LogP contribution in [0.4, 0.5) is 0 Å². The predicted molar refractivity (Wildman–Crippen MR) is 84.0 cm³/mol. The maximum atomic E-state index is 12.0. The van der Waals surface area contributed by atoms with E-state index in [-0.39, 0.29) is 12.7 Å². The molecule has 1 aliphatic heterocycles. The Morgan fingerprint density at radius 3 is 2.96 bits per heavy atom. The Labute approximate surface area is 134 Å². The molecule has 3 rings (SSSR count). The molecule has 7 nitrogen and oxygen atoms in total. The van der Waals surface area contributed by atoms with Crippen molar-refractivity contribution in [2.75, 3.05) is 20.4 Å². The summed E-state index contributed by atoms with van der Waals surface area (Å²) in [5.41, 5.74) is 2.07. The first-order chi connectivity index (χ1) is 11.1. The number of benzene rings is 1. The number of ether oxygens (including phenoxy) is 2. The van der Waals surface area contributed by atoms with E-state index in [0.717, 1.165) is 22.6 Å². The second kappa shape index (κ2) is 6.70. The van der Waals surface area contributed by atoms with E-state index >= 15 is 0 Å². The Balaban J connectivity index is 1.45. The highest BCUT2D eigenvalue weighted by Gasteiger charge is 2.13. The lowest BCUT2D eigenvalue weighted by molar-refractivity contribution is -0.122. The number of nitrogens with one attached hydrogen (secondary N) is 1. The summed E-state index contributed by atoms with van der Waals surface area (Å²) in [4.78, 5) is 14.0. The average molecular weight is 316 g/mol. The first-order valence-electron chi connectivity index (χ1n) is 7.41. The second-order valence-corrected chi connectivity index (χ2v) is 5.66. The van der Waals surface area contributed by atoms with Crippen molar-refractivity contribution in [3.05, 3.63) is 41.7 Å². The summed E-state index contributed by atoms with van der Waals surface area (Å²) in [5, 5.41) is 7.03. The SMILES string of the molecule is CN(CC(=O)NCc1ccc2c(c1)OCO2)Cc1cnn(C)c1. The molecular formula is C16H20N4O3. The van der Waals surface area contributed by atoms with E-state index in [2.05, 4.69) is 10.4 Å². The van der Waals surface area contributed by atoms with Gasteiger partial charge >= 0.3 is 0 Å². The fraction of sp³-hybridized carbons (Fsp3) is 0.375. The third kappa shape index (κ3) is 4.01. The molecule has 0 unspecified atom stereocenters. The molecule has 0 fully saturated rings. The lowest BCUT2D eigenvalue weighted by Crippen LogP contribution is -2.34. The average Bonchev–Trinajstić information content (AvgIpc) is 3.13. The highest BCUT2D eigenvalue weighted by Crippen LogP contribution is 2.32. The van der Waals surface area contributed by atoms with Gasteiger partial charge in [0.05, 0.1) is 12.7 Å². The van der Waals surface area contributed by atoms with Crippen molar-refractivity contribution in [2.45, 2.75) is 13.1 Å². The normalized spacial score (nSPS) is 12.7. The second-order valence-electron chi connectivity index (χ2n) is 5.66. The van der Waals surface area contributed by atoms with Crippen LogP contribution >= 0.6 is 0 Å². The van der Waals surface area contributed by atoms with Crippen molar-refractivity contribution in [3.8, 4) is 11.5 Å². The van der Waals surface area contributed by atoms with Gasteiger partial charge in [-0.3, -0.25) is 14.4 Å². The largest absolute Gasteiger partial charge is 0.454 e. The first kappa shape index (κ1) is 15.4. The summed E-state index contributed by atoms with van der Waals surface area (Å²) in [7, 11) is 3.79. The van der Waals surface area contributed by atoms with Crippen LogP contribution in [0.1, 0.15) is 11.1 Å². The third-order valence-electron chi connectivity index (χ3n) is 3.55. The zero-order valence-electron chi connectivity index (χ0n) is 13.3. The molecule has 122 valence electrons. The third-order valence-corrected chi connectivity index (χ3v) is 3.55. The van der Waals surface area contributed by atoms with E-state index in [1.165, 1.54) is 0 Å². The summed E-state index contributed by atoms with van der Waals surface area (Å²) in [6.45, 7) is 1.74. The summed E-state index contributed by atoms with van der Waals surface area (Å²) >= 11 is 0. The Kier molecular flexibility index (Phi) is 4.47. The fourth-order valence-electron chi connectivity index (χ4n) is 2.47. The number of fused-ring (bicyclic) bond motifs is 1. The summed E-state index contributed by atoms with van der Waals surface area (Å²) < 4.78 is 12.3. The molecule has 1 aromatic heterocycles. The molecule has 1 amide bonds. The van der Waals surface area contributed by atoms with Gasteiger partial charge in [0.1, 0.15) is 0 Å². The summed E-state index contributed by atoms with van der Waals surface area (Å²) in [6, 6.07) is 5.67. The molecule has 0 atom stereocenters. The number of hydrogen-bond donors (Lipinski definition) is 1.